The van der Waals surface area contributed by atoms with E-state index in [1.54, 1.807) is 13.8 Å². The first kappa shape index (κ1) is 15.6. The Morgan fingerprint density at radius 1 is 1.37 bits per heavy atom. The van der Waals surface area contributed by atoms with Gasteiger partial charge in [-0.25, -0.2) is 12.8 Å². The predicted octanol–water partition coefficient (Wildman–Crippen LogP) is 1.52. The fourth-order valence-corrected chi connectivity index (χ4v) is 3.02. The highest BCUT2D eigenvalue weighted by Crippen LogP contribution is 2.18. The van der Waals surface area contributed by atoms with Crippen molar-refractivity contribution in [1.29, 1.82) is 0 Å². The third-order valence-electron chi connectivity index (χ3n) is 2.66. The highest BCUT2D eigenvalue weighted by molar-refractivity contribution is 7.89. The van der Waals surface area contributed by atoms with E-state index in [4.69, 9.17) is 5.11 Å². The van der Waals surface area contributed by atoms with Gasteiger partial charge in [0.05, 0.1) is 0 Å². The van der Waals surface area contributed by atoms with Crippen LogP contribution >= 0.6 is 0 Å². The molecule has 0 bridgehead atoms. The van der Waals surface area contributed by atoms with Gasteiger partial charge in [0.2, 0.25) is 10.0 Å². The monoisotopic (exact) mass is 289 g/mol. The van der Waals surface area contributed by atoms with Crippen LogP contribution in [0.25, 0.3) is 0 Å². The van der Waals surface area contributed by atoms with Gasteiger partial charge in [-0.15, -0.1) is 0 Å². The van der Waals surface area contributed by atoms with E-state index in [2.05, 4.69) is 0 Å². The first-order valence-electron chi connectivity index (χ1n) is 5.67. The summed E-state index contributed by atoms with van der Waals surface area (Å²) in [7, 11) is -4.21. The van der Waals surface area contributed by atoms with Crippen LogP contribution in [0.3, 0.4) is 0 Å². The Morgan fingerprint density at radius 3 is 2.42 bits per heavy atom. The maximum absolute atomic E-state index is 13.8. The van der Waals surface area contributed by atoms with Crippen LogP contribution in [0.1, 0.15) is 19.4 Å². The summed E-state index contributed by atoms with van der Waals surface area (Å²) in [6, 6.07) is 2.64. The number of nitrogens with one attached hydrogen (secondary N) is 1. The summed E-state index contributed by atoms with van der Waals surface area (Å²) in [5.74, 6) is -2.63. The number of hydrogen-bond donors (Lipinski definition) is 2. The third-order valence-corrected chi connectivity index (χ3v) is 4.12. The number of carboxylic acid groups (broad SMARTS) is 1. The molecule has 0 radical (unpaired) electrons. The third kappa shape index (κ3) is 3.51. The molecule has 0 aliphatic rings. The molecule has 5 nitrogen and oxygen atoms in total. The van der Waals surface area contributed by atoms with Crippen molar-refractivity contribution in [1.82, 2.24) is 4.72 Å². The van der Waals surface area contributed by atoms with Crippen LogP contribution < -0.4 is 4.72 Å². The molecule has 106 valence electrons. The van der Waals surface area contributed by atoms with Crippen LogP contribution in [0.15, 0.2) is 23.1 Å². The molecular formula is C12H16FNO4S. The van der Waals surface area contributed by atoms with Crippen LogP contribution in [0.5, 0.6) is 0 Å². The molecule has 0 saturated heterocycles. The Bertz CT molecular complexity index is 583. The summed E-state index contributed by atoms with van der Waals surface area (Å²) in [5, 5.41) is 8.96. The zero-order chi connectivity index (χ0) is 14.8. The average molecular weight is 289 g/mol. The second kappa shape index (κ2) is 5.66. The van der Waals surface area contributed by atoms with Crippen molar-refractivity contribution in [3.63, 3.8) is 0 Å². The quantitative estimate of drug-likeness (QED) is 0.861. The number of halogens is 1. The van der Waals surface area contributed by atoms with E-state index in [0.29, 0.717) is 0 Å². The van der Waals surface area contributed by atoms with E-state index in [1.807, 2.05) is 4.72 Å². The van der Waals surface area contributed by atoms with E-state index in [1.165, 1.54) is 19.1 Å². The molecule has 0 unspecified atom stereocenters. The minimum absolute atomic E-state index is 0.180. The van der Waals surface area contributed by atoms with Crippen LogP contribution in [0.2, 0.25) is 0 Å². The van der Waals surface area contributed by atoms with Crippen molar-refractivity contribution in [2.45, 2.75) is 31.7 Å². The number of rotatable bonds is 5. The van der Waals surface area contributed by atoms with E-state index >= 15 is 0 Å². The molecule has 1 atom stereocenters. The lowest BCUT2D eigenvalue weighted by Gasteiger charge is -2.18. The number of hydrogen-bond acceptors (Lipinski definition) is 3. The van der Waals surface area contributed by atoms with Gasteiger partial charge in [-0.05, 0) is 24.5 Å². The van der Waals surface area contributed by atoms with Gasteiger partial charge in [0.1, 0.15) is 16.8 Å². The predicted molar refractivity (Wildman–Crippen MR) is 67.7 cm³/mol. The van der Waals surface area contributed by atoms with Crippen molar-refractivity contribution >= 4 is 16.0 Å². The molecule has 0 aliphatic heterocycles. The minimum atomic E-state index is -4.21. The molecule has 0 amide bonds. The Hall–Kier alpha value is -1.47. The Morgan fingerprint density at radius 2 is 1.95 bits per heavy atom. The van der Waals surface area contributed by atoms with Crippen molar-refractivity contribution in [3.05, 3.63) is 29.6 Å². The number of aliphatic carboxylic acids is 1. The second-order valence-electron chi connectivity index (χ2n) is 4.57. The Balaban J connectivity index is 3.18. The summed E-state index contributed by atoms with van der Waals surface area (Å²) >= 11 is 0. The topological polar surface area (TPSA) is 83.5 Å². The maximum Gasteiger partial charge on any atom is 0.322 e. The molecule has 19 heavy (non-hydrogen) atoms. The fraction of sp³-hybridized carbons (Fsp3) is 0.417. The van der Waals surface area contributed by atoms with Crippen LogP contribution in [-0.2, 0) is 14.8 Å². The number of carbonyl (C=O) groups is 1. The van der Waals surface area contributed by atoms with Crippen molar-refractivity contribution < 1.29 is 22.7 Å². The lowest BCUT2D eigenvalue weighted by atomic mass is 10.1. The fourth-order valence-electron chi connectivity index (χ4n) is 1.53. The SMILES string of the molecule is Cc1cccc(S(=O)(=O)N[C@H](C(=O)O)C(C)C)c1F. The van der Waals surface area contributed by atoms with Crippen LogP contribution in [-0.4, -0.2) is 25.5 Å². The van der Waals surface area contributed by atoms with Gasteiger partial charge in [-0.1, -0.05) is 26.0 Å². The van der Waals surface area contributed by atoms with Crippen molar-refractivity contribution in [2.75, 3.05) is 0 Å². The molecule has 0 spiro atoms. The maximum atomic E-state index is 13.8. The molecule has 0 aliphatic carbocycles. The van der Waals surface area contributed by atoms with Crippen LogP contribution in [0, 0.1) is 18.7 Å². The zero-order valence-electron chi connectivity index (χ0n) is 10.8. The molecule has 1 aromatic rings. The number of carboxylic acids is 1. The summed E-state index contributed by atoms with van der Waals surface area (Å²) in [5.41, 5.74) is 0.180. The van der Waals surface area contributed by atoms with Crippen molar-refractivity contribution in [2.24, 2.45) is 5.92 Å². The molecule has 7 heteroatoms. The molecule has 0 heterocycles. The summed E-state index contributed by atoms with van der Waals surface area (Å²) in [6.45, 7) is 4.56. The molecule has 0 aromatic heterocycles. The highest BCUT2D eigenvalue weighted by atomic mass is 32.2. The van der Waals surface area contributed by atoms with Gasteiger partial charge < -0.3 is 5.11 Å². The van der Waals surface area contributed by atoms with Gasteiger partial charge in [0, 0.05) is 0 Å². The van der Waals surface area contributed by atoms with Gasteiger partial charge in [-0.3, -0.25) is 4.79 Å². The van der Waals surface area contributed by atoms with Crippen molar-refractivity contribution in [3.8, 4) is 0 Å². The normalized spacial score (nSPS) is 13.5. The molecule has 0 saturated carbocycles. The van der Waals surface area contributed by atoms with Gasteiger partial charge >= 0.3 is 5.97 Å². The zero-order valence-corrected chi connectivity index (χ0v) is 11.7. The molecule has 1 rings (SSSR count). The summed E-state index contributed by atoms with van der Waals surface area (Å²) in [6.07, 6.45) is 0. The summed E-state index contributed by atoms with van der Waals surface area (Å²) in [4.78, 5) is 10.4. The molecule has 2 N–H and O–H groups in total. The first-order chi connectivity index (χ1) is 8.66. The number of aryl methyl sites for hydroxylation is 1. The molecular weight excluding hydrogens is 273 g/mol. The lowest BCUT2D eigenvalue weighted by Crippen LogP contribution is -2.44. The van der Waals surface area contributed by atoms with E-state index in [9.17, 15) is 17.6 Å². The lowest BCUT2D eigenvalue weighted by molar-refractivity contribution is -0.140. The van der Waals surface area contributed by atoms with E-state index in [-0.39, 0.29) is 5.56 Å². The number of benzene rings is 1. The smallest absolute Gasteiger partial charge is 0.322 e. The van der Waals surface area contributed by atoms with Crippen LogP contribution in [0.4, 0.5) is 4.39 Å². The van der Waals surface area contributed by atoms with E-state index in [0.717, 1.165) is 6.07 Å². The van der Waals surface area contributed by atoms with E-state index < -0.39 is 38.7 Å². The molecule has 1 aromatic carbocycles. The Kier molecular flexibility index (Phi) is 4.65. The highest BCUT2D eigenvalue weighted by Gasteiger charge is 2.29. The average Bonchev–Trinajstić information content (AvgIpc) is 2.28. The largest absolute Gasteiger partial charge is 0.480 e. The Labute approximate surface area is 111 Å². The summed E-state index contributed by atoms with van der Waals surface area (Å²) < 4.78 is 39.8. The number of sulfonamides is 1. The standard InChI is InChI=1S/C12H16FNO4S/c1-7(2)11(12(15)16)14-19(17,18)9-6-4-5-8(3)10(9)13/h4-7,11,14H,1-3H3,(H,15,16)/t11-/m0/s1. The molecule has 0 fully saturated rings. The van der Waals surface area contributed by atoms with Gasteiger partial charge in [-0.2, -0.15) is 4.72 Å². The van der Waals surface area contributed by atoms with Gasteiger partial charge in [0.15, 0.2) is 0 Å². The minimum Gasteiger partial charge on any atom is -0.480 e. The van der Waals surface area contributed by atoms with Gasteiger partial charge in [0.25, 0.3) is 0 Å². The first-order valence-corrected chi connectivity index (χ1v) is 7.15. The second-order valence-corrected chi connectivity index (χ2v) is 6.25.